The fourth-order valence-corrected chi connectivity index (χ4v) is 8.95. The highest BCUT2D eigenvalue weighted by Gasteiger charge is 2.52. The van der Waals surface area contributed by atoms with E-state index in [0.29, 0.717) is 23.5 Å². The number of hydrogen-bond donors (Lipinski definition) is 1. The van der Waals surface area contributed by atoms with E-state index >= 15 is 0 Å². The minimum absolute atomic E-state index is 0.113. The fourth-order valence-electron chi connectivity index (χ4n) is 8.95. The summed E-state index contributed by atoms with van der Waals surface area (Å²) in [7, 11) is 4.68. The van der Waals surface area contributed by atoms with Crippen LogP contribution in [0.4, 0.5) is 0 Å². The summed E-state index contributed by atoms with van der Waals surface area (Å²) in [5.74, 6) is 4.09. The van der Waals surface area contributed by atoms with Crippen molar-refractivity contribution in [3.05, 3.63) is 34.7 Å². The smallest absolute Gasteiger partial charge is 0.123 e. The van der Waals surface area contributed by atoms with E-state index in [1.807, 2.05) is 5.92 Å². The van der Waals surface area contributed by atoms with E-state index in [2.05, 4.69) is 140 Å². The van der Waals surface area contributed by atoms with Gasteiger partial charge >= 0.3 is 0 Å². The minimum atomic E-state index is -0.113. The van der Waals surface area contributed by atoms with Crippen LogP contribution in [0, 0.1) is 23.7 Å². The first kappa shape index (κ1) is 35.4. The second kappa shape index (κ2) is 11.4. The van der Waals surface area contributed by atoms with E-state index in [1.165, 1.54) is 31.2 Å². The van der Waals surface area contributed by atoms with Gasteiger partial charge in [0.05, 0.1) is 0 Å². The number of phenols is 1. The van der Waals surface area contributed by atoms with Crippen molar-refractivity contribution < 1.29 is 5.11 Å². The van der Waals surface area contributed by atoms with Crippen LogP contribution in [0.5, 0.6) is 5.75 Å². The zero-order valence-electron chi connectivity index (χ0n) is 31.0. The zero-order valence-corrected chi connectivity index (χ0v) is 31.0. The third-order valence-electron chi connectivity index (χ3n) is 11.8. The minimum Gasteiger partial charge on any atom is -0.507 e. The first-order valence-electron chi connectivity index (χ1n) is 17.0. The lowest BCUT2D eigenvalue weighted by Crippen LogP contribution is -2.62. The molecule has 2 heterocycles. The predicted octanol–water partition coefficient (Wildman–Crippen LogP) is 9.93. The number of likely N-dealkylation sites (tertiary alicyclic amines) is 2. The molecule has 1 atom stereocenters. The molecule has 2 aliphatic heterocycles. The molecule has 1 aromatic rings. The van der Waals surface area contributed by atoms with Crippen molar-refractivity contribution in [3.63, 3.8) is 0 Å². The number of phenolic OH excluding ortho intramolecular Hbond substituents is 1. The number of rotatable bonds is 6. The van der Waals surface area contributed by atoms with E-state index in [4.69, 9.17) is 0 Å². The standard InChI is InChI=1S/C39H69N2O/c1-18-27(19-26-20-30(34(2,3)4)33(42)31(21-26)35(5,6)7)32(28-22-36(8,9)40(16)37(10,11)23-28)29-24-38(12,13)41(17)39(14,15)25-29/h20-21,27-29,42H,18-19,22-25H2,1-17H3. The third-order valence-corrected chi connectivity index (χ3v) is 11.8. The fraction of sp³-hybridized carbons (Fsp3) is 0.821. The highest BCUT2D eigenvalue weighted by atomic mass is 16.3. The molecule has 0 spiro atoms. The van der Waals surface area contributed by atoms with E-state index in [9.17, 15) is 5.11 Å². The number of aromatic hydroxyl groups is 1. The molecule has 241 valence electrons. The molecule has 0 saturated carbocycles. The van der Waals surface area contributed by atoms with E-state index in [0.717, 1.165) is 24.0 Å². The molecule has 1 unspecified atom stereocenters. The predicted molar refractivity (Wildman–Crippen MR) is 184 cm³/mol. The van der Waals surface area contributed by atoms with Crippen molar-refractivity contribution >= 4 is 0 Å². The van der Waals surface area contributed by atoms with Gasteiger partial charge in [-0.25, -0.2) is 0 Å². The van der Waals surface area contributed by atoms with Crippen LogP contribution in [-0.4, -0.2) is 51.2 Å². The van der Waals surface area contributed by atoms with Gasteiger partial charge in [0.1, 0.15) is 5.75 Å². The van der Waals surface area contributed by atoms with Gasteiger partial charge < -0.3 is 5.11 Å². The molecule has 1 radical (unpaired) electrons. The van der Waals surface area contributed by atoms with Gasteiger partial charge in [-0.2, -0.15) is 0 Å². The molecule has 2 saturated heterocycles. The van der Waals surface area contributed by atoms with Crippen LogP contribution in [0.2, 0.25) is 0 Å². The van der Waals surface area contributed by atoms with Gasteiger partial charge in [-0.3, -0.25) is 9.80 Å². The van der Waals surface area contributed by atoms with E-state index in [-0.39, 0.29) is 33.0 Å². The second-order valence-electron chi connectivity index (χ2n) is 18.9. The summed E-state index contributed by atoms with van der Waals surface area (Å²) in [4.78, 5) is 5.28. The van der Waals surface area contributed by atoms with Crippen molar-refractivity contribution in [1.82, 2.24) is 9.80 Å². The molecule has 42 heavy (non-hydrogen) atoms. The maximum Gasteiger partial charge on any atom is 0.123 e. The Hall–Kier alpha value is -1.06. The number of nitrogens with zero attached hydrogens (tertiary/aromatic N) is 2. The molecular weight excluding hydrogens is 512 g/mol. The Bertz CT molecular complexity index is 983. The molecule has 2 fully saturated rings. The first-order chi connectivity index (χ1) is 18.7. The molecule has 0 aliphatic carbocycles. The first-order valence-corrected chi connectivity index (χ1v) is 17.0. The highest BCUT2D eigenvalue weighted by Crippen LogP contribution is 2.54. The van der Waals surface area contributed by atoms with Crippen LogP contribution in [0.25, 0.3) is 0 Å². The summed E-state index contributed by atoms with van der Waals surface area (Å²) >= 11 is 0. The molecule has 1 aromatic carbocycles. The molecule has 1 N–H and O–H groups in total. The summed E-state index contributed by atoms with van der Waals surface area (Å²) in [5, 5.41) is 11.5. The largest absolute Gasteiger partial charge is 0.507 e. The Morgan fingerprint density at radius 2 is 1.02 bits per heavy atom. The average Bonchev–Trinajstić information content (AvgIpc) is 2.79. The Balaban J connectivity index is 2.17. The van der Waals surface area contributed by atoms with Crippen molar-refractivity contribution in [2.24, 2.45) is 17.8 Å². The van der Waals surface area contributed by atoms with Gasteiger partial charge in [0.25, 0.3) is 0 Å². The summed E-state index contributed by atoms with van der Waals surface area (Å²) in [6.07, 6.45) is 7.11. The Morgan fingerprint density at radius 3 is 1.29 bits per heavy atom. The lowest BCUT2D eigenvalue weighted by molar-refractivity contribution is -0.0553. The van der Waals surface area contributed by atoms with Gasteiger partial charge in [-0.1, -0.05) is 67.0 Å². The summed E-state index contributed by atoms with van der Waals surface area (Å²) < 4.78 is 0. The maximum atomic E-state index is 11.5. The molecule has 0 bridgehead atoms. The van der Waals surface area contributed by atoms with Crippen LogP contribution < -0.4 is 0 Å². The molecule has 2 aliphatic rings. The quantitative estimate of drug-likeness (QED) is 0.362. The molecule has 3 rings (SSSR count). The van der Waals surface area contributed by atoms with Crippen molar-refractivity contribution in [3.8, 4) is 5.75 Å². The third kappa shape index (κ3) is 7.09. The number of benzene rings is 1. The molecule has 3 nitrogen and oxygen atoms in total. The van der Waals surface area contributed by atoms with E-state index < -0.39 is 0 Å². The summed E-state index contributed by atoms with van der Waals surface area (Å²) in [6.45, 7) is 35.6. The lowest BCUT2D eigenvalue weighted by Gasteiger charge is -2.60. The van der Waals surface area contributed by atoms with Crippen LogP contribution in [0.3, 0.4) is 0 Å². The van der Waals surface area contributed by atoms with Crippen molar-refractivity contribution in [2.45, 2.75) is 175 Å². The summed E-state index contributed by atoms with van der Waals surface area (Å²) in [5.41, 5.74) is 3.97. The monoisotopic (exact) mass is 582 g/mol. The van der Waals surface area contributed by atoms with Crippen LogP contribution in [0.15, 0.2) is 12.1 Å². The van der Waals surface area contributed by atoms with Crippen molar-refractivity contribution in [2.75, 3.05) is 14.1 Å². The van der Waals surface area contributed by atoms with Crippen LogP contribution in [-0.2, 0) is 17.3 Å². The van der Waals surface area contributed by atoms with Gasteiger partial charge in [0.15, 0.2) is 0 Å². The topological polar surface area (TPSA) is 26.7 Å². The van der Waals surface area contributed by atoms with Crippen LogP contribution in [0.1, 0.15) is 153 Å². The normalized spacial score (nSPS) is 24.7. The molecule has 0 amide bonds. The van der Waals surface area contributed by atoms with E-state index in [1.54, 1.807) is 0 Å². The van der Waals surface area contributed by atoms with Gasteiger partial charge in [-0.15, -0.1) is 0 Å². The second-order valence-corrected chi connectivity index (χ2v) is 18.9. The van der Waals surface area contributed by atoms with Gasteiger partial charge in [0.2, 0.25) is 0 Å². The average molecular weight is 582 g/mol. The van der Waals surface area contributed by atoms with Gasteiger partial charge in [-0.05, 0) is 153 Å². The maximum absolute atomic E-state index is 11.5. The molecule has 3 heteroatoms. The summed E-state index contributed by atoms with van der Waals surface area (Å²) in [6, 6.07) is 4.69. The van der Waals surface area contributed by atoms with Crippen LogP contribution >= 0.6 is 0 Å². The number of piperidine rings is 2. The Labute approximate surface area is 262 Å². The molecular formula is C39H69N2O. The molecule has 0 aromatic heterocycles. The number of hydrogen-bond acceptors (Lipinski definition) is 3. The van der Waals surface area contributed by atoms with Gasteiger partial charge in [0, 0.05) is 22.2 Å². The highest BCUT2D eigenvalue weighted by molar-refractivity contribution is 5.50. The Morgan fingerprint density at radius 1 is 0.714 bits per heavy atom. The SMILES string of the molecule is CCC(Cc1cc(C(C)(C)C)c(O)c(C(C)(C)C)c1)[C](C1CC(C)(C)N(C)C(C)(C)C1)C1CC(C)(C)N(C)C(C)(C)C1. The zero-order chi connectivity index (χ0) is 32.4. The Kier molecular flexibility index (Phi) is 9.60. The van der Waals surface area contributed by atoms with Crippen molar-refractivity contribution in [1.29, 1.82) is 0 Å². The lowest BCUT2D eigenvalue weighted by atomic mass is 9.57.